The standard InChI is InChI=1S/C60H100O30/c1-23(8-10-33(55(4,5)79)89-53-48(90-52-47(78)41(72)36(67)28(19-63)85-52)43(74)38(69)30(87-53)21-82-50-45(76)40(71)35(66)27(18-62)84-50)60(80)15-14-58-22-59(58)13-12-24-25(57(59,7)31(64)16-56(58,60)6)9-11-32(54(24,2)3)88-51-46(77)42(73)37(68)29(86-51)20-81-49-44(75)39(70)34(65)26(17-61)83-49/h12,23,25-53,61-80H,8-11,13-22H2,1-7H3/t23-,25-,26-,27-,28+,29?,30-,31-,32+,33?,34-,35-,36+,37-,38+,39+,40+,41+,42+,43+,44+,45-,46-,47+,48-,49-,50+,51+,52-,53+,56+,57-,58+,59-,60+/m1/s1. The van der Waals surface area contributed by atoms with Crippen LogP contribution >= 0.6 is 0 Å². The summed E-state index contributed by atoms with van der Waals surface area (Å²) in [5.41, 5.74) is -5.15. The zero-order valence-electron chi connectivity index (χ0n) is 51.8. The van der Waals surface area contributed by atoms with Crippen molar-refractivity contribution in [3.05, 3.63) is 11.6 Å². The molecule has 5 aliphatic heterocycles. The highest BCUT2D eigenvalue weighted by molar-refractivity contribution is 5.43. The molecule has 10 aliphatic rings. The molecule has 20 N–H and O–H groups in total. The van der Waals surface area contributed by atoms with Crippen LogP contribution < -0.4 is 0 Å². The van der Waals surface area contributed by atoms with Crippen molar-refractivity contribution in [3.63, 3.8) is 0 Å². The molecule has 10 rings (SSSR count). The van der Waals surface area contributed by atoms with Gasteiger partial charge in [-0.1, -0.05) is 46.3 Å². The third-order valence-electron chi connectivity index (χ3n) is 23.8. The van der Waals surface area contributed by atoms with Crippen molar-refractivity contribution in [2.24, 2.45) is 38.9 Å². The number of aliphatic hydroxyl groups is 20. The van der Waals surface area contributed by atoms with Crippen LogP contribution in [0.2, 0.25) is 0 Å². The van der Waals surface area contributed by atoms with Gasteiger partial charge in [0.05, 0.1) is 62.5 Å². The summed E-state index contributed by atoms with van der Waals surface area (Å²) < 4.78 is 59.2. The van der Waals surface area contributed by atoms with E-state index in [4.69, 9.17) is 47.4 Å². The first kappa shape index (κ1) is 71.3. The number of hydrogen-bond acceptors (Lipinski definition) is 30. The lowest BCUT2D eigenvalue weighted by Gasteiger charge is -2.64. The van der Waals surface area contributed by atoms with Crippen LogP contribution in [-0.2, 0) is 47.4 Å². The Hall–Kier alpha value is -1.46. The van der Waals surface area contributed by atoms with E-state index in [2.05, 4.69) is 19.9 Å². The fraction of sp³-hybridized carbons (Fsp3) is 0.967. The first-order valence-electron chi connectivity index (χ1n) is 31.7. The molecule has 9 fully saturated rings. The fourth-order valence-electron chi connectivity index (χ4n) is 17.9. The summed E-state index contributed by atoms with van der Waals surface area (Å²) in [6, 6.07) is 0. The molecule has 0 aromatic heterocycles. The van der Waals surface area contributed by atoms with Gasteiger partial charge in [0.15, 0.2) is 31.5 Å². The van der Waals surface area contributed by atoms with E-state index in [-0.39, 0.29) is 25.2 Å². The number of hydrogen-bond donors (Lipinski definition) is 20. The average Bonchev–Trinajstić information content (AvgIpc) is 1.44. The van der Waals surface area contributed by atoms with Crippen LogP contribution in [-0.4, -0.2) is 318 Å². The molecule has 0 amide bonds. The van der Waals surface area contributed by atoms with Crippen LogP contribution in [0.1, 0.15) is 106 Å². The number of allylic oxidation sites excluding steroid dienone is 1. The summed E-state index contributed by atoms with van der Waals surface area (Å²) in [5.74, 6) is -0.656. The SMILES string of the molecule is C[C@H](CCC(O[C@@H]1O[C@H](CO[C@H]2O[C@H](CO)[C@@H](O)[C@H](O)[C@H]2O)[C@H](O)[C@H](O)[C@H]1O[C@H]1O[C@@H](CO)[C@H](O)[C@H](O)[C@@H]1O)C(C)(C)O)[C@@]1(O)CC[C@@]23C[C@@]24CC=C2[C@@H](CC[C@H](O[C@@H]5OC(CO[C@@H]6O[C@H](CO)[C@@H](O)[C@H](O)[C@@H]6O)[C@@H](O)[C@H](O)[C@H]5O)C2(C)C)[C@]4(C)[C@H](O)C[C@@]31C. The van der Waals surface area contributed by atoms with E-state index in [0.717, 1.165) is 12.0 Å². The fourth-order valence-corrected chi connectivity index (χ4v) is 17.9. The van der Waals surface area contributed by atoms with E-state index in [1.165, 1.54) is 13.8 Å². The zero-order chi connectivity index (χ0) is 66.1. The Balaban J connectivity index is 0.834. The minimum atomic E-state index is -2.00. The lowest BCUT2D eigenvalue weighted by atomic mass is 9.41. The highest BCUT2D eigenvalue weighted by atomic mass is 16.8. The average molecular weight is 1300 g/mol. The molecule has 5 heterocycles. The zero-order valence-corrected chi connectivity index (χ0v) is 51.8. The summed E-state index contributed by atoms with van der Waals surface area (Å²) in [6.45, 7) is 9.53. The summed E-state index contributed by atoms with van der Waals surface area (Å²) in [5, 5.41) is 219. The van der Waals surface area contributed by atoms with E-state index in [0.29, 0.717) is 32.1 Å². The molecule has 35 atom stereocenters. The minimum absolute atomic E-state index is 0.0182. The van der Waals surface area contributed by atoms with Crippen molar-refractivity contribution < 1.29 is 149 Å². The number of aliphatic hydroxyl groups excluding tert-OH is 18. The second-order valence-corrected chi connectivity index (χ2v) is 29.1. The molecule has 2 spiro atoms. The van der Waals surface area contributed by atoms with Crippen molar-refractivity contribution in [3.8, 4) is 0 Å². The first-order valence-corrected chi connectivity index (χ1v) is 31.7. The lowest BCUT2D eigenvalue weighted by Crippen LogP contribution is -2.65. The Morgan fingerprint density at radius 3 is 1.48 bits per heavy atom. The minimum Gasteiger partial charge on any atom is -0.394 e. The maximum Gasteiger partial charge on any atom is 0.187 e. The molecule has 30 nitrogen and oxygen atoms in total. The van der Waals surface area contributed by atoms with Gasteiger partial charge in [0.2, 0.25) is 0 Å². The Bertz CT molecular complexity index is 2470. The van der Waals surface area contributed by atoms with Crippen LogP contribution in [0.5, 0.6) is 0 Å². The molecule has 4 saturated carbocycles. The summed E-state index contributed by atoms with van der Waals surface area (Å²) >= 11 is 0. The molecule has 30 heteroatoms. The van der Waals surface area contributed by atoms with Crippen LogP contribution in [0.15, 0.2) is 11.6 Å². The maximum atomic E-state index is 13.4. The number of ether oxygens (including phenoxy) is 10. The molecule has 2 unspecified atom stereocenters. The topological polar surface area (TPSA) is 497 Å². The van der Waals surface area contributed by atoms with E-state index >= 15 is 0 Å². The molecular weight excluding hydrogens is 1200 g/mol. The van der Waals surface area contributed by atoms with Crippen LogP contribution in [0, 0.1) is 38.9 Å². The van der Waals surface area contributed by atoms with Crippen molar-refractivity contribution >= 4 is 0 Å². The van der Waals surface area contributed by atoms with Gasteiger partial charge >= 0.3 is 0 Å². The van der Waals surface area contributed by atoms with Crippen LogP contribution in [0.25, 0.3) is 0 Å². The van der Waals surface area contributed by atoms with Gasteiger partial charge in [0, 0.05) is 16.2 Å². The quantitative estimate of drug-likeness (QED) is 0.0504. The largest absolute Gasteiger partial charge is 0.394 e. The van der Waals surface area contributed by atoms with E-state index in [9.17, 15) is 102 Å². The molecule has 0 aromatic carbocycles. The number of fused-ring (bicyclic) bond motifs is 2. The summed E-state index contributed by atoms with van der Waals surface area (Å²) in [4.78, 5) is 0. The van der Waals surface area contributed by atoms with Gasteiger partial charge in [0.25, 0.3) is 0 Å². The highest BCUT2D eigenvalue weighted by Crippen LogP contribution is 2.92. The molecule has 0 radical (unpaired) electrons. The second kappa shape index (κ2) is 26.1. The Morgan fingerprint density at radius 1 is 0.533 bits per heavy atom. The molecule has 0 bridgehead atoms. The number of rotatable bonds is 20. The summed E-state index contributed by atoms with van der Waals surface area (Å²) in [7, 11) is 0. The monoisotopic (exact) mass is 1300 g/mol. The molecule has 5 aliphatic carbocycles. The third-order valence-corrected chi connectivity index (χ3v) is 23.8. The van der Waals surface area contributed by atoms with Crippen LogP contribution in [0.4, 0.5) is 0 Å². The third kappa shape index (κ3) is 11.5. The molecule has 5 saturated heterocycles. The predicted octanol–water partition coefficient (Wildman–Crippen LogP) is -6.54. The van der Waals surface area contributed by atoms with Gasteiger partial charge in [-0.15, -0.1) is 0 Å². The highest BCUT2D eigenvalue weighted by Gasteiger charge is 2.89. The Morgan fingerprint density at radius 2 is 0.978 bits per heavy atom. The summed E-state index contributed by atoms with van der Waals surface area (Å²) in [6.07, 6.45) is -39.1. The molecule has 520 valence electrons. The van der Waals surface area contributed by atoms with E-state index < -0.39 is 249 Å². The van der Waals surface area contributed by atoms with Gasteiger partial charge in [-0.2, -0.15) is 0 Å². The van der Waals surface area contributed by atoms with Gasteiger partial charge in [-0.25, -0.2) is 0 Å². The van der Waals surface area contributed by atoms with E-state index in [1.807, 2.05) is 20.8 Å². The van der Waals surface area contributed by atoms with Gasteiger partial charge < -0.3 is 149 Å². The Kier molecular flexibility index (Phi) is 20.7. The van der Waals surface area contributed by atoms with Crippen molar-refractivity contribution in [2.45, 2.75) is 289 Å². The smallest absolute Gasteiger partial charge is 0.187 e. The van der Waals surface area contributed by atoms with Gasteiger partial charge in [-0.3, -0.25) is 0 Å². The van der Waals surface area contributed by atoms with Gasteiger partial charge in [0.1, 0.15) is 122 Å². The van der Waals surface area contributed by atoms with Crippen molar-refractivity contribution in [1.82, 2.24) is 0 Å². The van der Waals surface area contributed by atoms with Crippen LogP contribution in [0.3, 0.4) is 0 Å². The van der Waals surface area contributed by atoms with E-state index in [1.54, 1.807) is 0 Å². The second-order valence-electron chi connectivity index (χ2n) is 29.1. The maximum absolute atomic E-state index is 13.4. The lowest BCUT2D eigenvalue weighted by molar-refractivity contribution is -0.380. The van der Waals surface area contributed by atoms with Crippen molar-refractivity contribution in [1.29, 1.82) is 0 Å². The molecule has 90 heavy (non-hydrogen) atoms. The van der Waals surface area contributed by atoms with Gasteiger partial charge in [-0.05, 0) is 94.3 Å². The molecular formula is C60H100O30. The Labute approximate surface area is 521 Å². The molecule has 0 aromatic rings. The predicted molar refractivity (Wildman–Crippen MR) is 300 cm³/mol. The normalized spacial score (nSPS) is 53.3. The van der Waals surface area contributed by atoms with Crippen molar-refractivity contribution in [2.75, 3.05) is 33.0 Å². The first-order chi connectivity index (χ1) is 42.1.